The highest BCUT2D eigenvalue weighted by Gasteiger charge is 2.03. The van der Waals surface area contributed by atoms with Gasteiger partial charge in [0, 0.05) is 19.6 Å². The molecule has 34 heavy (non-hydrogen) atoms. The van der Waals surface area contributed by atoms with Crippen LogP contribution in [0.4, 0.5) is 0 Å². The largest absolute Gasteiger partial charge is 0.466 e. The summed E-state index contributed by atoms with van der Waals surface area (Å²) in [6, 6.07) is 0. The molecule has 6 heteroatoms. The van der Waals surface area contributed by atoms with Gasteiger partial charge in [-0.05, 0) is 25.2 Å². The molecule has 0 bridgehead atoms. The lowest BCUT2D eigenvalue weighted by Crippen LogP contribution is -2.12. The van der Waals surface area contributed by atoms with E-state index in [1.807, 2.05) is 0 Å². The summed E-state index contributed by atoms with van der Waals surface area (Å²) in [5, 5.41) is 0. The van der Waals surface area contributed by atoms with Crippen LogP contribution in [0.15, 0.2) is 0 Å². The highest BCUT2D eigenvalue weighted by molar-refractivity contribution is 5.69. The van der Waals surface area contributed by atoms with E-state index in [1.54, 1.807) is 0 Å². The molecule has 0 aromatic rings. The molecule has 0 spiro atoms. The lowest BCUT2D eigenvalue weighted by atomic mass is 10.0. The Kier molecular flexibility index (Phi) is 28.0. The zero-order valence-corrected chi connectivity index (χ0v) is 22.8. The number of esters is 1. The average molecular weight is 489 g/mol. The maximum absolute atomic E-state index is 11.7. The summed E-state index contributed by atoms with van der Waals surface area (Å²) in [5.41, 5.74) is 0. The van der Waals surface area contributed by atoms with Gasteiger partial charge in [-0.1, -0.05) is 85.0 Å². The normalized spacial score (nSPS) is 11.4. The molecule has 0 unspecified atom stereocenters. The molecular weight excluding hydrogens is 432 g/mol. The third-order valence-electron chi connectivity index (χ3n) is 5.62. The predicted octanol–water partition coefficient (Wildman–Crippen LogP) is 6.73. The molecule has 0 heterocycles. The van der Waals surface area contributed by atoms with Gasteiger partial charge in [0.1, 0.15) is 0 Å². The minimum Gasteiger partial charge on any atom is -0.466 e. The molecule has 204 valence electrons. The predicted molar refractivity (Wildman–Crippen MR) is 139 cm³/mol. The fraction of sp³-hybridized carbons (Fsp3) is 0.964. The van der Waals surface area contributed by atoms with Crippen LogP contribution >= 0.6 is 0 Å². The van der Waals surface area contributed by atoms with E-state index in [2.05, 4.69) is 20.8 Å². The van der Waals surface area contributed by atoms with E-state index in [-0.39, 0.29) is 5.97 Å². The second-order valence-corrected chi connectivity index (χ2v) is 9.49. The molecule has 0 radical (unpaired) electrons. The van der Waals surface area contributed by atoms with Crippen LogP contribution in [0.3, 0.4) is 0 Å². The number of hydrogen-bond donors (Lipinski definition) is 0. The van der Waals surface area contributed by atoms with E-state index in [9.17, 15) is 4.79 Å². The van der Waals surface area contributed by atoms with Crippen LogP contribution in [0.2, 0.25) is 0 Å². The molecule has 0 atom stereocenters. The lowest BCUT2D eigenvalue weighted by molar-refractivity contribution is -0.144. The monoisotopic (exact) mass is 488 g/mol. The van der Waals surface area contributed by atoms with Gasteiger partial charge in [0.05, 0.1) is 46.2 Å². The minimum atomic E-state index is -0.118. The van der Waals surface area contributed by atoms with Crippen molar-refractivity contribution >= 4 is 5.97 Å². The first kappa shape index (κ1) is 33.3. The highest BCUT2D eigenvalue weighted by atomic mass is 16.6. The van der Waals surface area contributed by atoms with Crippen LogP contribution in [0, 0.1) is 5.92 Å². The molecule has 6 nitrogen and oxygen atoms in total. The van der Waals surface area contributed by atoms with E-state index in [0.717, 1.165) is 31.8 Å². The SMILES string of the molecule is CCCCCCCCOCCOCCOCCOCCCC(=O)OCCCCCCCC(C)C. The standard InChI is InChI=1S/C28H56O6/c1-4-5-6-7-10-13-18-30-21-23-32-25-26-33-24-22-31-19-15-17-28(29)34-20-14-11-8-9-12-16-27(2)3/h27H,4-26H2,1-3H3. The zero-order valence-electron chi connectivity index (χ0n) is 22.8. The van der Waals surface area contributed by atoms with E-state index >= 15 is 0 Å². The van der Waals surface area contributed by atoms with Gasteiger partial charge in [0.25, 0.3) is 0 Å². The Hall–Kier alpha value is -0.690. The molecular formula is C28H56O6. The van der Waals surface area contributed by atoms with Crippen LogP contribution in [-0.4, -0.2) is 65.4 Å². The van der Waals surface area contributed by atoms with Crippen molar-refractivity contribution in [2.24, 2.45) is 5.92 Å². The Morgan fingerprint density at radius 2 is 0.971 bits per heavy atom. The quantitative estimate of drug-likeness (QED) is 0.0898. The minimum absolute atomic E-state index is 0.118. The smallest absolute Gasteiger partial charge is 0.305 e. The summed E-state index contributed by atoms with van der Waals surface area (Å²) in [4.78, 5) is 11.7. The van der Waals surface area contributed by atoms with Crippen molar-refractivity contribution in [2.45, 2.75) is 111 Å². The van der Waals surface area contributed by atoms with Gasteiger partial charge in [-0.2, -0.15) is 0 Å². The summed E-state index contributed by atoms with van der Waals surface area (Å²) in [6.07, 6.45) is 16.1. The summed E-state index contributed by atoms with van der Waals surface area (Å²) < 4.78 is 27.3. The van der Waals surface area contributed by atoms with Gasteiger partial charge >= 0.3 is 5.97 Å². The van der Waals surface area contributed by atoms with Crippen LogP contribution in [-0.2, 0) is 28.5 Å². The first-order chi connectivity index (χ1) is 16.7. The molecule has 0 fully saturated rings. The number of ether oxygens (including phenoxy) is 5. The molecule has 0 amide bonds. The van der Waals surface area contributed by atoms with Crippen LogP contribution in [0.25, 0.3) is 0 Å². The molecule has 0 rings (SSSR count). The summed E-state index contributed by atoms with van der Waals surface area (Å²) in [5.74, 6) is 0.680. The van der Waals surface area contributed by atoms with Gasteiger partial charge in [-0.3, -0.25) is 4.79 Å². The molecule has 0 aromatic carbocycles. The second-order valence-electron chi connectivity index (χ2n) is 9.49. The van der Waals surface area contributed by atoms with Crippen molar-refractivity contribution in [3.63, 3.8) is 0 Å². The van der Waals surface area contributed by atoms with Gasteiger partial charge < -0.3 is 23.7 Å². The molecule has 0 aliphatic carbocycles. The summed E-state index contributed by atoms with van der Waals surface area (Å²) in [6.45, 7) is 12.2. The molecule has 0 aliphatic heterocycles. The van der Waals surface area contributed by atoms with Crippen LogP contribution in [0.5, 0.6) is 0 Å². The third-order valence-corrected chi connectivity index (χ3v) is 5.62. The zero-order chi connectivity index (χ0) is 25.0. The second kappa shape index (κ2) is 28.5. The van der Waals surface area contributed by atoms with Crippen molar-refractivity contribution in [1.29, 1.82) is 0 Å². The Morgan fingerprint density at radius 1 is 0.529 bits per heavy atom. The van der Waals surface area contributed by atoms with E-state index in [0.29, 0.717) is 65.7 Å². The summed E-state index contributed by atoms with van der Waals surface area (Å²) in [7, 11) is 0. The van der Waals surface area contributed by atoms with E-state index < -0.39 is 0 Å². The van der Waals surface area contributed by atoms with Crippen molar-refractivity contribution in [3.05, 3.63) is 0 Å². The first-order valence-corrected chi connectivity index (χ1v) is 14.1. The topological polar surface area (TPSA) is 63.2 Å². The number of carbonyl (C=O) groups is 1. The Bertz CT molecular complexity index is 402. The lowest BCUT2D eigenvalue weighted by Gasteiger charge is -2.08. The van der Waals surface area contributed by atoms with E-state index in [1.165, 1.54) is 57.8 Å². The first-order valence-electron chi connectivity index (χ1n) is 14.1. The fourth-order valence-corrected chi connectivity index (χ4v) is 3.51. The molecule has 0 saturated carbocycles. The number of hydrogen-bond acceptors (Lipinski definition) is 6. The van der Waals surface area contributed by atoms with Crippen molar-refractivity contribution < 1.29 is 28.5 Å². The Labute approximate surface area is 210 Å². The van der Waals surface area contributed by atoms with Gasteiger partial charge in [-0.15, -0.1) is 0 Å². The van der Waals surface area contributed by atoms with Crippen molar-refractivity contribution in [1.82, 2.24) is 0 Å². The van der Waals surface area contributed by atoms with Gasteiger partial charge in [-0.25, -0.2) is 0 Å². The van der Waals surface area contributed by atoms with Gasteiger partial charge in [0.2, 0.25) is 0 Å². The van der Waals surface area contributed by atoms with Crippen molar-refractivity contribution in [3.8, 4) is 0 Å². The number of rotatable bonds is 28. The molecule has 0 aromatic heterocycles. The Balaban J connectivity index is 3.13. The number of unbranched alkanes of at least 4 members (excludes halogenated alkanes) is 9. The van der Waals surface area contributed by atoms with Gasteiger partial charge in [0.15, 0.2) is 0 Å². The fourth-order valence-electron chi connectivity index (χ4n) is 3.51. The maximum Gasteiger partial charge on any atom is 0.305 e. The molecule has 0 N–H and O–H groups in total. The van der Waals surface area contributed by atoms with Crippen molar-refractivity contribution in [2.75, 3.05) is 59.5 Å². The maximum atomic E-state index is 11.7. The molecule has 0 saturated heterocycles. The van der Waals surface area contributed by atoms with Crippen LogP contribution in [0.1, 0.15) is 111 Å². The molecule has 0 aliphatic rings. The van der Waals surface area contributed by atoms with E-state index in [4.69, 9.17) is 23.7 Å². The highest BCUT2D eigenvalue weighted by Crippen LogP contribution is 2.10. The third kappa shape index (κ3) is 29.3. The Morgan fingerprint density at radius 3 is 1.53 bits per heavy atom. The average Bonchev–Trinajstić information content (AvgIpc) is 2.82. The summed E-state index contributed by atoms with van der Waals surface area (Å²) >= 11 is 0. The number of carbonyl (C=O) groups excluding carboxylic acids is 1. The van der Waals surface area contributed by atoms with Crippen LogP contribution < -0.4 is 0 Å².